The Morgan fingerprint density at radius 2 is 2.08 bits per heavy atom. The largest absolute Gasteiger partial charge is 0.392 e. The summed E-state index contributed by atoms with van der Waals surface area (Å²) in [5, 5.41) is 12.4. The molecule has 1 aliphatic rings. The van der Waals surface area contributed by atoms with E-state index >= 15 is 0 Å². The van der Waals surface area contributed by atoms with E-state index in [1.165, 1.54) is 12.8 Å². The average molecular weight is 177 g/mol. The summed E-state index contributed by atoms with van der Waals surface area (Å²) >= 11 is 0. The number of hydrogen-bond acceptors (Lipinski definition) is 2. The SMILES string of the molecule is OCc1ccccc1NCC1CC1. The summed E-state index contributed by atoms with van der Waals surface area (Å²) in [6.45, 7) is 1.17. The van der Waals surface area contributed by atoms with Crippen molar-refractivity contribution in [2.45, 2.75) is 19.4 Å². The third kappa shape index (κ3) is 2.22. The zero-order valence-electron chi connectivity index (χ0n) is 7.66. The Hall–Kier alpha value is -1.02. The van der Waals surface area contributed by atoms with Crippen molar-refractivity contribution in [2.24, 2.45) is 5.92 Å². The van der Waals surface area contributed by atoms with E-state index in [0.29, 0.717) is 0 Å². The van der Waals surface area contributed by atoms with Crippen molar-refractivity contribution in [3.8, 4) is 0 Å². The normalized spacial score (nSPS) is 15.8. The number of nitrogens with one attached hydrogen (secondary N) is 1. The highest BCUT2D eigenvalue weighted by Crippen LogP contribution is 2.29. The summed E-state index contributed by atoms with van der Waals surface area (Å²) in [4.78, 5) is 0. The van der Waals surface area contributed by atoms with Gasteiger partial charge in [0, 0.05) is 17.8 Å². The Morgan fingerprint density at radius 3 is 2.77 bits per heavy atom. The number of anilines is 1. The topological polar surface area (TPSA) is 32.3 Å². The highest BCUT2D eigenvalue weighted by Gasteiger charge is 2.20. The molecule has 0 bridgehead atoms. The molecule has 0 atom stereocenters. The molecule has 2 heteroatoms. The van der Waals surface area contributed by atoms with Crippen molar-refractivity contribution < 1.29 is 5.11 Å². The second kappa shape index (κ2) is 3.79. The third-order valence-corrected chi connectivity index (χ3v) is 2.47. The lowest BCUT2D eigenvalue weighted by Gasteiger charge is -2.09. The summed E-state index contributed by atoms with van der Waals surface area (Å²) in [7, 11) is 0. The van der Waals surface area contributed by atoms with Crippen molar-refractivity contribution >= 4 is 5.69 Å². The second-order valence-electron chi connectivity index (χ2n) is 3.64. The van der Waals surface area contributed by atoms with Crippen LogP contribution in [0.15, 0.2) is 24.3 Å². The first-order valence-corrected chi connectivity index (χ1v) is 4.83. The molecule has 1 aliphatic carbocycles. The number of para-hydroxylation sites is 1. The Balaban J connectivity index is 1.99. The first-order chi connectivity index (χ1) is 6.40. The van der Waals surface area contributed by atoms with Gasteiger partial charge in [0.25, 0.3) is 0 Å². The van der Waals surface area contributed by atoms with Gasteiger partial charge in [0.05, 0.1) is 6.61 Å². The molecule has 2 rings (SSSR count). The van der Waals surface area contributed by atoms with Gasteiger partial charge in [0.1, 0.15) is 0 Å². The monoisotopic (exact) mass is 177 g/mol. The van der Waals surface area contributed by atoms with E-state index in [0.717, 1.165) is 23.7 Å². The predicted octanol–water partition coefficient (Wildman–Crippen LogP) is 2.00. The smallest absolute Gasteiger partial charge is 0.0701 e. The van der Waals surface area contributed by atoms with Crippen molar-refractivity contribution in [3.05, 3.63) is 29.8 Å². The molecule has 0 aliphatic heterocycles. The third-order valence-electron chi connectivity index (χ3n) is 2.47. The summed E-state index contributed by atoms with van der Waals surface area (Å²) in [5.74, 6) is 0.867. The number of aliphatic hydroxyl groups is 1. The summed E-state index contributed by atoms with van der Waals surface area (Å²) < 4.78 is 0. The molecule has 1 saturated carbocycles. The number of benzene rings is 1. The highest BCUT2D eigenvalue weighted by molar-refractivity contribution is 5.50. The molecule has 0 aromatic heterocycles. The molecule has 0 heterocycles. The molecule has 0 radical (unpaired) electrons. The minimum absolute atomic E-state index is 0.119. The van der Waals surface area contributed by atoms with Gasteiger partial charge in [0.2, 0.25) is 0 Å². The van der Waals surface area contributed by atoms with Gasteiger partial charge in [-0.1, -0.05) is 18.2 Å². The van der Waals surface area contributed by atoms with E-state index in [9.17, 15) is 0 Å². The van der Waals surface area contributed by atoms with Gasteiger partial charge in [-0.25, -0.2) is 0 Å². The van der Waals surface area contributed by atoms with Crippen LogP contribution in [0.5, 0.6) is 0 Å². The minimum atomic E-state index is 0.119. The maximum atomic E-state index is 9.06. The van der Waals surface area contributed by atoms with Gasteiger partial charge in [-0.3, -0.25) is 0 Å². The van der Waals surface area contributed by atoms with Crippen LogP contribution in [0.4, 0.5) is 5.69 Å². The zero-order valence-corrected chi connectivity index (χ0v) is 7.66. The fraction of sp³-hybridized carbons (Fsp3) is 0.455. The van der Waals surface area contributed by atoms with Crippen LogP contribution in [0.25, 0.3) is 0 Å². The lowest BCUT2D eigenvalue weighted by atomic mass is 10.2. The van der Waals surface area contributed by atoms with Crippen LogP contribution in [0.2, 0.25) is 0 Å². The first kappa shape index (κ1) is 8.57. The van der Waals surface area contributed by atoms with Crippen molar-refractivity contribution in [2.75, 3.05) is 11.9 Å². The maximum absolute atomic E-state index is 9.06. The highest BCUT2D eigenvalue weighted by atomic mass is 16.3. The van der Waals surface area contributed by atoms with E-state index in [-0.39, 0.29) is 6.61 Å². The molecule has 70 valence electrons. The van der Waals surface area contributed by atoms with Crippen molar-refractivity contribution in [3.63, 3.8) is 0 Å². The Bertz CT molecular complexity index is 281. The standard InChI is InChI=1S/C11H15NO/c13-8-10-3-1-2-4-11(10)12-7-9-5-6-9/h1-4,9,12-13H,5-8H2. The van der Waals surface area contributed by atoms with Crippen LogP contribution in [0.3, 0.4) is 0 Å². The van der Waals surface area contributed by atoms with E-state index in [2.05, 4.69) is 5.32 Å². The fourth-order valence-corrected chi connectivity index (χ4v) is 1.41. The lowest BCUT2D eigenvalue weighted by molar-refractivity contribution is 0.282. The van der Waals surface area contributed by atoms with Gasteiger partial charge in [-0.2, -0.15) is 0 Å². The molecule has 2 nitrogen and oxygen atoms in total. The lowest BCUT2D eigenvalue weighted by Crippen LogP contribution is -2.05. The van der Waals surface area contributed by atoms with Crippen LogP contribution in [-0.4, -0.2) is 11.7 Å². The molecular formula is C11H15NO. The van der Waals surface area contributed by atoms with Gasteiger partial charge in [-0.15, -0.1) is 0 Å². The minimum Gasteiger partial charge on any atom is -0.392 e. The van der Waals surface area contributed by atoms with Crippen molar-refractivity contribution in [1.29, 1.82) is 0 Å². The van der Waals surface area contributed by atoms with Crippen molar-refractivity contribution in [1.82, 2.24) is 0 Å². The molecule has 0 saturated heterocycles. The summed E-state index contributed by atoms with van der Waals surface area (Å²) in [5.41, 5.74) is 2.07. The van der Waals surface area contributed by atoms with Crippen LogP contribution >= 0.6 is 0 Å². The van der Waals surface area contributed by atoms with Gasteiger partial charge in [-0.05, 0) is 24.8 Å². The zero-order chi connectivity index (χ0) is 9.10. The molecule has 0 amide bonds. The van der Waals surface area contributed by atoms with Crippen LogP contribution in [0, 0.1) is 5.92 Å². The molecule has 1 aromatic rings. The quantitative estimate of drug-likeness (QED) is 0.737. The van der Waals surface area contributed by atoms with Crippen LogP contribution in [-0.2, 0) is 6.61 Å². The Morgan fingerprint density at radius 1 is 1.31 bits per heavy atom. The number of hydrogen-bond donors (Lipinski definition) is 2. The predicted molar refractivity (Wildman–Crippen MR) is 53.6 cm³/mol. The molecule has 1 aromatic carbocycles. The van der Waals surface area contributed by atoms with Crippen LogP contribution in [0.1, 0.15) is 18.4 Å². The number of aliphatic hydroxyl groups excluding tert-OH is 1. The molecule has 0 spiro atoms. The van der Waals surface area contributed by atoms with Gasteiger partial charge >= 0.3 is 0 Å². The van der Waals surface area contributed by atoms with Crippen LogP contribution < -0.4 is 5.32 Å². The second-order valence-corrected chi connectivity index (χ2v) is 3.64. The molecule has 13 heavy (non-hydrogen) atoms. The maximum Gasteiger partial charge on any atom is 0.0701 e. The molecular weight excluding hydrogens is 162 g/mol. The van der Waals surface area contributed by atoms with E-state index in [4.69, 9.17) is 5.11 Å². The average Bonchev–Trinajstić information content (AvgIpc) is 2.99. The van der Waals surface area contributed by atoms with Gasteiger partial charge in [0.15, 0.2) is 0 Å². The van der Waals surface area contributed by atoms with E-state index in [1.54, 1.807) is 0 Å². The molecule has 0 unspecified atom stereocenters. The first-order valence-electron chi connectivity index (χ1n) is 4.83. The number of rotatable bonds is 4. The van der Waals surface area contributed by atoms with Gasteiger partial charge < -0.3 is 10.4 Å². The van der Waals surface area contributed by atoms with E-state index in [1.807, 2.05) is 24.3 Å². The fourth-order valence-electron chi connectivity index (χ4n) is 1.41. The summed E-state index contributed by atoms with van der Waals surface area (Å²) in [6.07, 6.45) is 2.71. The Kier molecular flexibility index (Phi) is 2.50. The van der Waals surface area contributed by atoms with E-state index < -0.39 is 0 Å². The summed E-state index contributed by atoms with van der Waals surface area (Å²) in [6, 6.07) is 7.92. The Labute approximate surface area is 78.6 Å². The molecule has 1 fully saturated rings. The molecule has 2 N–H and O–H groups in total.